The van der Waals surface area contributed by atoms with Crippen LogP contribution in [0.15, 0.2) is 35.7 Å². The van der Waals surface area contributed by atoms with Gasteiger partial charge in [0.05, 0.1) is 5.69 Å². The molecule has 100 valence electrons. The fourth-order valence-corrected chi connectivity index (χ4v) is 3.34. The Hall–Kier alpha value is -1.33. The molecule has 0 aliphatic rings. The highest BCUT2D eigenvalue weighted by Crippen LogP contribution is 2.23. The van der Waals surface area contributed by atoms with E-state index in [4.69, 9.17) is 5.73 Å². The van der Waals surface area contributed by atoms with Gasteiger partial charge in [0.1, 0.15) is 4.90 Å². The zero-order chi connectivity index (χ0) is 13.8. The lowest BCUT2D eigenvalue weighted by atomic mass is 10.2. The maximum Gasteiger partial charge on any atom is 0.245 e. The molecule has 0 aromatic heterocycles. The van der Waals surface area contributed by atoms with Gasteiger partial charge in [0, 0.05) is 13.1 Å². The number of hydrogen-bond acceptors (Lipinski definition) is 3. The van der Waals surface area contributed by atoms with Gasteiger partial charge in [-0.1, -0.05) is 19.1 Å². The zero-order valence-electron chi connectivity index (χ0n) is 10.9. The van der Waals surface area contributed by atoms with Gasteiger partial charge in [0.15, 0.2) is 0 Å². The molecule has 0 spiro atoms. The summed E-state index contributed by atoms with van der Waals surface area (Å²) in [5.74, 6) is 0. The first kappa shape index (κ1) is 14.7. The highest BCUT2D eigenvalue weighted by Gasteiger charge is 2.24. The van der Waals surface area contributed by atoms with Crippen molar-refractivity contribution in [2.75, 3.05) is 18.8 Å². The smallest absolute Gasteiger partial charge is 0.245 e. The summed E-state index contributed by atoms with van der Waals surface area (Å²) >= 11 is 0. The number of nitrogens with zero attached hydrogens (tertiary/aromatic N) is 1. The lowest BCUT2D eigenvalue weighted by Crippen LogP contribution is -2.32. The average Bonchev–Trinajstić information content (AvgIpc) is 2.28. The maximum atomic E-state index is 12.4. The number of sulfonamides is 1. The molecule has 18 heavy (non-hydrogen) atoms. The van der Waals surface area contributed by atoms with Crippen molar-refractivity contribution in [3.8, 4) is 0 Å². The minimum atomic E-state index is -3.54. The van der Waals surface area contributed by atoms with Gasteiger partial charge in [0.25, 0.3) is 0 Å². The summed E-state index contributed by atoms with van der Waals surface area (Å²) in [4.78, 5) is 0.170. The van der Waals surface area contributed by atoms with Crippen LogP contribution in [0.25, 0.3) is 0 Å². The molecule has 0 amide bonds. The van der Waals surface area contributed by atoms with E-state index in [0.717, 1.165) is 12.0 Å². The molecule has 0 bridgehead atoms. The minimum absolute atomic E-state index is 0.170. The fraction of sp³-hybridized carbons (Fsp3) is 0.385. The fourth-order valence-electron chi connectivity index (χ4n) is 1.74. The monoisotopic (exact) mass is 268 g/mol. The van der Waals surface area contributed by atoms with E-state index in [-0.39, 0.29) is 4.90 Å². The molecule has 1 rings (SSSR count). The van der Waals surface area contributed by atoms with E-state index >= 15 is 0 Å². The number of rotatable bonds is 6. The van der Waals surface area contributed by atoms with Crippen LogP contribution in [0, 0.1) is 6.92 Å². The molecule has 0 saturated heterocycles. The Morgan fingerprint density at radius 1 is 1.44 bits per heavy atom. The van der Waals surface area contributed by atoms with Gasteiger partial charge in [-0.05, 0) is 31.0 Å². The van der Waals surface area contributed by atoms with Crippen molar-refractivity contribution < 1.29 is 8.42 Å². The van der Waals surface area contributed by atoms with Crippen LogP contribution in [0.5, 0.6) is 0 Å². The second-order valence-electron chi connectivity index (χ2n) is 4.19. The summed E-state index contributed by atoms with van der Waals surface area (Å²) in [5.41, 5.74) is 7.04. The van der Waals surface area contributed by atoms with E-state index in [9.17, 15) is 8.42 Å². The van der Waals surface area contributed by atoms with Crippen LogP contribution >= 0.6 is 0 Å². The van der Waals surface area contributed by atoms with Gasteiger partial charge in [-0.3, -0.25) is 0 Å². The molecular formula is C13H20N2O2S. The van der Waals surface area contributed by atoms with E-state index in [1.807, 2.05) is 13.8 Å². The number of aryl methyl sites for hydroxylation is 1. The molecule has 1 aromatic carbocycles. The first-order valence-electron chi connectivity index (χ1n) is 5.90. The Morgan fingerprint density at radius 2 is 2.11 bits per heavy atom. The van der Waals surface area contributed by atoms with Gasteiger partial charge in [-0.2, -0.15) is 4.31 Å². The van der Waals surface area contributed by atoms with Gasteiger partial charge in [-0.25, -0.2) is 8.42 Å². The van der Waals surface area contributed by atoms with Crippen LogP contribution in [0.2, 0.25) is 0 Å². The van der Waals surface area contributed by atoms with Crippen LogP contribution in [0.3, 0.4) is 0 Å². The van der Waals surface area contributed by atoms with Crippen LogP contribution in [0.1, 0.15) is 18.9 Å². The third-order valence-electron chi connectivity index (χ3n) is 2.59. The molecule has 0 aliphatic carbocycles. The number of nitrogens with two attached hydrogens (primary N) is 1. The summed E-state index contributed by atoms with van der Waals surface area (Å²) in [5, 5.41) is 0. The molecule has 4 nitrogen and oxygen atoms in total. The molecule has 5 heteroatoms. The van der Waals surface area contributed by atoms with Crippen LogP contribution in [0.4, 0.5) is 5.69 Å². The normalized spacial score (nSPS) is 11.7. The second-order valence-corrected chi connectivity index (χ2v) is 6.10. The SMILES string of the molecule is C=CCN(CCC)S(=O)(=O)c1ccc(C)cc1N. The van der Waals surface area contributed by atoms with E-state index in [2.05, 4.69) is 6.58 Å². The van der Waals surface area contributed by atoms with Crippen molar-refractivity contribution in [1.29, 1.82) is 0 Å². The lowest BCUT2D eigenvalue weighted by molar-refractivity contribution is 0.442. The lowest BCUT2D eigenvalue weighted by Gasteiger charge is -2.21. The number of benzene rings is 1. The van der Waals surface area contributed by atoms with Crippen LogP contribution in [-0.4, -0.2) is 25.8 Å². The van der Waals surface area contributed by atoms with Crippen molar-refractivity contribution in [3.05, 3.63) is 36.4 Å². The Morgan fingerprint density at radius 3 is 2.61 bits per heavy atom. The van der Waals surface area contributed by atoms with Crippen molar-refractivity contribution in [2.45, 2.75) is 25.2 Å². The molecular weight excluding hydrogens is 248 g/mol. The standard InChI is InChI=1S/C13H20N2O2S/c1-4-8-15(9-5-2)18(16,17)13-7-6-11(3)10-12(13)14/h4,6-7,10H,1,5,8-9,14H2,2-3H3. The molecule has 2 N–H and O–H groups in total. The van der Waals surface area contributed by atoms with Crippen molar-refractivity contribution in [2.24, 2.45) is 0 Å². The molecule has 0 aliphatic heterocycles. The highest BCUT2D eigenvalue weighted by atomic mass is 32.2. The number of nitrogen functional groups attached to an aromatic ring is 1. The van der Waals surface area contributed by atoms with Crippen molar-refractivity contribution in [3.63, 3.8) is 0 Å². The third-order valence-corrected chi connectivity index (χ3v) is 4.53. The topological polar surface area (TPSA) is 63.4 Å². The second kappa shape index (κ2) is 6.02. The van der Waals surface area contributed by atoms with Crippen LogP contribution < -0.4 is 5.73 Å². The predicted octanol–water partition coefficient (Wildman–Crippen LogP) is 2.16. The van der Waals surface area contributed by atoms with Crippen LogP contribution in [-0.2, 0) is 10.0 Å². The van der Waals surface area contributed by atoms with Crippen molar-refractivity contribution in [1.82, 2.24) is 4.31 Å². The van der Waals surface area contributed by atoms with E-state index in [0.29, 0.717) is 18.8 Å². The molecule has 1 aromatic rings. The number of anilines is 1. The molecule has 0 atom stereocenters. The third kappa shape index (κ3) is 3.11. The van der Waals surface area contributed by atoms with E-state index in [1.165, 1.54) is 4.31 Å². The minimum Gasteiger partial charge on any atom is -0.398 e. The Kier molecular flexibility index (Phi) is 4.93. The summed E-state index contributed by atoms with van der Waals surface area (Å²) in [6, 6.07) is 4.98. The molecule has 0 fully saturated rings. The first-order chi connectivity index (χ1) is 8.43. The van der Waals surface area contributed by atoms with E-state index < -0.39 is 10.0 Å². The highest BCUT2D eigenvalue weighted by molar-refractivity contribution is 7.89. The average molecular weight is 268 g/mol. The van der Waals surface area contributed by atoms with Gasteiger partial charge >= 0.3 is 0 Å². The summed E-state index contributed by atoms with van der Waals surface area (Å²) in [6.45, 7) is 8.15. The molecule has 0 heterocycles. The Bertz CT molecular complexity index is 524. The molecule has 0 saturated carbocycles. The predicted molar refractivity (Wildman–Crippen MR) is 74.8 cm³/mol. The Labute approximate surface area is 109 Å². The molecule has 0 unspecified atom stereocenters. The maximum absolute atomic E-state index is 12.4. The summed E-state index contributed by atoms with van der Waals surface area (Å²) < 4.78 is 26.3. The van der Waals surface area contributed by atoms with Gasteiger partial charge in [0.2, 0.25) is 10.0 Å². The van der Waals surface area contributed by atoms with Gasteiger partial charge < -0.3 is 5.73 Å². The number of hydrogen-bond donors (Lipinski definition) is 1. The summed E-state index contributed by atoms with van der Waals surface area (Å²) in [7, 11) is -3.54. The van der Waals surface area contributed by atoms with E-state index in [1.54, 1.807) is 24.3 Å². The largest absolute Gasteiger partial charge is 0.398 e. The zero-order valence-corrected chi connectivity index (χ0v) is 11.7. The van der Waals surface area contributed by atoms with Crippen molar-refractivity contribution >= 4 is 15.7 Å². The Balaban J connectivity index is 3.21. The molecule has 0 radical (unpaired) electrons. The first-order valence-corrected chi connectivity index (χ1v) is 7.34. The van der Waals surface area contributed by atoms with Gasteiger partial charge in [-0.15, -0.1) is 6.58 Å². The summed E-state index contributed by atoms with van der Waals surface area (Å²) in [6.07, 6.45) is 2.33. The quantitative estimate of drug-likeness (QED) is 0.635.